The molecule has 0 aliphatic carbocycles. The summed E-state index contributed by atoms with van der Waals surface area (Å²) in [7, 11) is -3.18. The Kier molecular flexibility index (Phi) is 5.71. The number of fused-ring (bicyclic) bond motifs is 1. The van der Waals surface area contributed by atoms with Crippen molar-refractivity contribution in [1.82, 2.24) is 14.6 Å². The van der Waals surface area contributed by atoms with Crippen molar-refractivity contribution >= 4 is 37.5 Å². The lowest BCUT2D eigenvalue weighted by Crippen LogP contribution is -2.43. The van der Waals surface area contributed by atoms with E-state index in [1.165, 1.54) is 4.31 Å². The molecule has 4 rings (SSSR count). The van der Waals surface area contributed by atoms with Gasteiger partial charge in [-0.2, -0.15) is 0 Å². The molecule has 0 unspecified atom stereocenters. The van der Waals surface area contributed by atoms with E-state index in [-0.39, 0.29) is 17.6 Å². The first-order chi connectivity index (χ1) is 14.0. The lowest BCUT2D eigenvalue weighted by atomic mass is 9.97. The van der Waals surface area contributed by atoms with Gasteiger partial charge in [-0.1, -0.05) is 12.1 Å². The van der Waals surface area contributed by atoms with Crippen molar-refractivity contribution in [3.63, 3.8) is 0 Å². The number of carbonyl (C=O) groups is 1. The van der Waals surface area contributed by atoms with E-state index in [1.807, 2.05) is 36.4 Å². The Bertz CT molecular complexity index is 1080. The van der Waals surface area contributed by atoms with Crippen LogP contribution in [0.5, 0.6) is 0 Å². The highest BCUT2D eigenvalue weighted by Crippen LogP contribution is 2.31. The zero-order valence-electron chi connectivity index (χ0n) is 16.1. The van der Waals surface area contributed by atoms with E-state index < -0.39 is 10.0 Å². The zero-order chi connectivity index (χ0) is 20.4. The summed E-state index contributed by atoms with van der Waals surface area (Å²) >= 11 is 1.57. The van der Waals surface area contributed by atoms with Crippen LogP contribution in [0.4, 0.5) is 0 Å². The Morgan fingerprint density at radius 1 is 1.24 bits per heavy atom. The highest BCUT2D eigenvalue weighted by molar-refractivity contribution is 7.89. The summed E-state index contributed by atoms with van der Waals surface area (Å²) in [6, 6.07) is 11.6. The molecule has 7 nitrogen and oxygen atoms in total. The van der Waals surface area contributed by atoms with Crippen molar-refractivity contribution in [2.24, 2.45) is 5.92 Å². The summed E-state index contributed by atoms with van der Waals surface area (Å²) in [4.78, 5) is 17.0. The van der Waals surface area contributed by atoms with Gasteiger partial charge in [0.1, 0.15) is 5.76 Å². The first kappa shape index (κ1) is 20.1. The Morgan fingerprint density at radius 2 is 2.00 bits per heavy atom. The molecule has 1 fully saturated rings. The quantitative estimate of drug-likeness (QED) is 0.644. The van der Waals surface area contributed by atoms with Crippen LogP contribution in [-0.4, -0.2) is 42.5 Å². The fraction of sp³-hybridized carbons (Fsp3) is 0.400. The van der Waals surface area contributed by atoms with Gasteiger partial charge < -0.3 is 9.73 Å². The molecule has 1 aliphatic rings. The lowest BCUT2D eigenvalue weighted by Gasteiger charge is -2.30. The number of piperidine rings is 1. The smallest absolute Gasteiger partial charge is 0.223 e. The molecule has 1 saturated heterocycles. The van der Waals surface area contributed by atoms with Crippen LogP contribution in [0.3, 0.4) is 0 Å². The molecule has 1 aliphatic heterocycles. The van der Waals surface area contributed by atoms with Crippen molar-refractivity contribution in [1.29, 1.82) is 0 Å². The highest BCUT2D eigenvalue weighted by Gasteiger charge is 2.30. The predicted octanol–water partition coefficient (Wildman–Crippen LogP) is 3.23. The number of hydrogen-bond donors (Lipinski definition) is 1. The average Bonchev–Trinajstić information content (AvgIpc) is 3.38. The number of furan rings is 1. The molecule has 1 amide bonds. The Hall–Kier alpha value is -2.23. The van der Waals surface area contributed by atoms with Gasteiger partial charge in [-0.25, -0.2) is 17.7 Å². The molecule has 2 aromatic heterocycles. The predicted molar refractivity (Wildman–Crippen MR) is 113 cm³/mol. The van der Waals surface area contributed by atoms with Gasteiger partial charge in [0.25, 0.3) is 0 Å². The number of nitrogens with one attached hydrogen (secondary N) is 1. The molecular weight excluding hydrogens is 410 g/mol. The fourth-order valence-electron chi connectivity index (χ4n) is 3.46. The second-order valence-corrected chi connectivity index (χ2v) is 10.3. The molecule has 29 heavy (non-hydrogen) atoms. The number of benzene rings is 1. The van der Waals surface area contributed by atoms with E-state index in [0.717, 1.165) is 15.2 Å². The van der Waals surface area contributed by atoms with E-state index in [9.17, 15) is 13.2 Å². The third-order valence-corrected chi connectivity index (χ3v) is 8.12. The topological polar surface area (TPSA) is 92.5 Å². The van der Waals surface area contributed by atoms with Crippen LogP contribution in [0.25, 0.3) is 21.0 Å². The van der Waals surface area contributed by atoms with Crippen molar-refractivity contribution in [2.45, 2.75) is 26.3 Å². The highest BCUT2D eigenvalue weighted by atomic mass is 32.2. The van der Waals surface area contributed by atoms with Crippen LogP contribution in [-0.2, 0) is 21.4 Å². The van der Waals surface area contributed by atoms with Gasteiger partial charge >= 0.3 is 0 Å². The number of sulfonamides is 1. The number of thiazole rings is 1. The van der Waals surface area contributed by atoms with E-state index in [4.69, 9.17) is 4.42 Å². The Balaban J connectivity index is 1.32. The largest absolute Gasteiger partial charge is 0.457 e. The number of aromatic nitrogens is 1. The first-order valence-electron chi connectivity index (χ1n) is 9.66. The van der Waals surface area contributed by atoms with Gasteiger partial charge in [-0.15, -0.1) is 11.3 Å². The minimum atomic E-state index is -3.18. The summed E-state index contributed by atoms with van der Waals surface area (Å²) in [5, 5.41) is 3.72. The van der Waals surface area contributed by atoms with Crippen LogP contribution in [0, 0.1) is 5.92 Å². The number of nitrogens with zero attached hydrogens (tertiary/aromatic N) is 2. The normalized spacial score (nSPS) is 16.3. The maximum absolute atomic E-state index is 12.5. The van der Waals surface area contributed by atoms with Crippen molar-refractivity contribution < 1.29 is 17.6 Å². The molecule has 3 heterocycles. The van der Waals surface area contributed by atoms with Crippen LogP contribution in [0.1, 0.15) is 25.5 Å². The minimum Gasteiger partial charge on any atom is -0.457 e. The molecule has 1 N–H and O–H groups in total. The van der Waals surface area contributed by atoms with E-state index in [1.54, 1.807) is 18.3 Å². The molecule has 154 valence electrons. The van der Waals surface area contributed by atoms with Gasteiger partial charge in [0.2, 0.25) is 15.9 Å². The van der Waals surface area contributed by atoms with E-state index in [2.05, 4.69) is 10.3 Å². The van der Waals surface area contributed by atoms with Gasteiger partial charge in [-0.05, 0) is 44.0 Å². The molecule has 0 atom stereocenters. The average molecular weight is 434 g/mol. The van der Waals surface area contributed by atoms with Gasteiger partial charge in [0, 0.05) is 19.0 Å². The van der Waals surface area contributed by atoms with Crippen LogP contribution < -0.4 is 5.32 Å². The van der Waals surface area contributed by atoms with E-state index >= 15 is 0 Å². The molecule has 0 radical (unpaired) electrons. The molecular formula is C20H23N3O4S2. The maximum atomic E-state index is 12.5. The second-order valence-electron chi connectivity index (χ2n) is 7.04. The molecule has 0 saturated carbocycles. The second kappa shape index (κ2) is 8.25. The third kappa shape index (κ3) is 4.36. The number of rotatable bonds is 6. The zero-order valence-corrected chi connectivity index (χ0v) is 17.8. The maximum Gasteiger partial charge on any atom is 0.223 e. The van der Waals surface area contributed by atoms with Gasteiger partial charge in [0.05, 0.1) is 22.5 Å². The summed E-state index contributed by atoms with van der Waals surface area (Å²) in [5.41, 5.74) is 0.940. The SMILES string of the molecule is CCS(=O)(=O)N1CCC(C(=O)NCc2ccc(-c3nc4ccccc4s3)o2)CC1. The van der Waals surface area contributed by atoms with Crippen molar-refractivity contribution in [2.75, 3.05) is 18.8 Å². The van der Waals surface area contributed by atoms with Gasteiger partial charge in [0.15, 0.2) is 10.8 Å². The summed E-state index contributed by atoms with van der Waals surface area (Å²) < 4.78 is 32.3. The van der Waals surface area contributed by atoms with Crippen molar-refractivity contribution in [3.05, 3.63) is 42.2 Å². The monoisotopic (exact) mass is 433 g/mol. The number of para-hydroxylation sites is 1. The van der Waals surface area contributed by atoms with Crippen LogP contribution in [0.2, 0.25) is 0 Å². The number of hydrogen-bond acceptors (Lipinski definition) is 6. The molecule has 1 aromatic carbocycles. The molecule has 0 spiro atoms. The Morgan fingerprint density at radius 3 is 2.72 bits per heavy atom. The lowest BCUT2D eigenvalue weighted by molar-refractivity contribution is -0.126. The van der Waals surface area contributed by atoms with E-state index in [0.29, 0.717) is 44.0 Å². The van der Waals surface area contributed by atoms with Crippen molar-refractivity contribution in [3.8, 4) is 10.8 Å². The molecule has 3 aromatic rings. The minimum absolute atomic E-state index is 0.0588. The van der Waals surface area contributed by atoms with Crippen LogP contribution >= 0.6 is 11.3 Å². The van der Waals surface area contributed by atoms with Crippen LogP contribution in [0.15, 0.2) is 40.8 Å². The Labute approximate surface area is 173 Å². The molecule has 0 bridgehead atoms. The van der Waals surface area contributed by atoms with Gasteiger partial charge in [-0.3, -0.25) is 4.79 Å². The molecule has 9 heteroatoms. The standard InChI is InChI=1S/C20H23N3O4S2/c1-2-29(25,26)23-11-9-14(10-12-23)19(24)21-13-15-7-8-17(27-15)20-22-16-5-3-4-6-18(16)28-20/h3-8,14H,2,9-13H2,1H3,(H,21,24). The number of amides is 1. The fourth-order valence-corrected chi connectivity index (χ4v) is 5.52. The third-order valence-electron chi connectivity index (χ3n) is 5.19. The summed E-state index contributed by atoms with van der Waals surface area (Å²) in [5.74, 6) is 1.22. The number of carbonyl (C=O) groups excluding carboxylic acids is 1. The summed E-state index contributed by atoms with van der Waals surface area (Å²) in [6.07, 6.45) is 1.08. The summed E-state index contributed by atoms with van der Waals surface area (Å²) in [6.45, 7) is 2.74. The first-order valence-corrected chi connectivity index (χ1v) is 12.1.